The number of hydrogen-bond acceptors (Lipinski definition) is 5. The molecule has 166 valence electrons. The first-order chi connectivity index (χ1) is 14.9. The van der Waals surface area contributed by atoms with Crippen molar-refractivity contribution in [1.82, 2.24) is 15.5 Å². The third kappa shape index (κ3) is 5.69. The van der Waals surface area contributed by atoms with Crippen LogP contribution >= 0.6 is 0 Å². The van der Waals surface area contributed by atoms with Crippen molar-refractivity contribution in [2.45, 2.75) is 50.7 Å². The van der Waals surface area contributed by atoms with Crippen molar-refractivity contribution in [1.29, 1.82) is 5.41 Å². The van der Waals surface area contributed by atoms with Gasteiger partial charge in [0.15, 0.2) is 0 Å². The SMILES string of the molecule is N=C(N)c1ccc(CNC(=O)[C@@H]2CCN2C(=O)[C@@H](NCC(=O)O)C2=CCCCC2)cc1. The van der Waals surface area contributed by atoms with Gasteiger partial charge >= 0.3 is 5.97 Å². The average molecular weight is 428 g/mol. The van der Waals surface area contributed by atoms with Crippen LogP contribution in [0.2, 0.25) is 0 Å². The van der Waals surface area contributed by atoms with Crippen molar-refractivity contribution in [3.8, 4) is 0 Å². The van der Waals surface area contributed by atoms with Gasteiger partial charge in [0.05, 0.1) is 6.54 Å². The second kappa shape index (κ2) is 10.2. The molecule has 3 rings (SSSR count). The lowest BCUT2D eigenvalue weighted by Gasteiger charge is -2.42. The van der Waals surface area contributed by atoms with E-state index in [-0.39, 0.29) is 24.2 Å². The minimum Gasteiger partial charge on any atom is -0.480 e. The van der Waals surface area contributed by atoms with E-state index in [0.717, 1.165) is 36.8 Å². The van der Waals surface area contributed by atoms with Crippen LogP contribution in [0.25, 0.3) is 0 Å². The summed E-state index contributed by atoms with van der Waals surface area (Å²) in [5.74, 6) is -1.52. The van der Waals surface area contributed by atoms with Gasteiger partial charge in [-0.25, -0.2) is 0 Å². The zero-order valence-electron chi connectivity index (χ0n) is 17.4. The number of nitrogen functional groups attached to an aromatic ring is 1. The fourth-order valence-corrected chi connectivity index (χ4v) is 3.89. The molecule has 9 nitrogen and oxygen atoms in total. The molecule has 31 heavy (non-hydrogen) atoms. The second-order valence-electron chi connectivity index (χ2n) is 7.90. The quantitative estimate of drug-likeness (QED) is 0.223. The number of carbonyl (C=O) groups is 3. The number of benzene rings is 1. The van der Waals surface area contributed by atoms with E-state index in [1.165, 1.54) is 4.90 Å². The summed E-state index contributed by atoms with van der Waals surface area (Å²) in [6, 6.07) is 5.78. The fourth-order valence-electron chi connectivity index (χ4n) is 3.89. The minimum absolute atomic E-state index is 0.0154. The summed E-state index contributed by atoms with van der Waals surface area (Å²) in [6.07, 6.45) is 6.25. The molecular weight excluding hydrogens is 398 g/mol. The zero-order chi connectivity index (χ0) is 22.4. The Bertz CT molecular complexity index is 880. The van der Waals surface area contributed by atoms with Gasteiger partial charge in [0.1, 0.15) is 17.9 Å². The van der Waals surface area contributed by atoms with Crippen LogP contribution in [-0.4, -0.2) is 58.8 Å². The van der Waals surface area contributed by atoms with E-state index in [2.05, 4.69) is 10.6 Å². The van der Waals surface area contributed by atoms with Crippen molar-refractivity contribution in [3.05, 3.63) is 47.0 Å². The number of nitrogens with two attached hydrogens (primary N) is 1. The predicted octanol–water partition coefficient (Wildman–Crippen LogP) is 0.731. The molecule has 1 saturated heterocycles. The molecule has 0 unspecified atom stereocenters. The smallest absolute Gasteiger partial charge is 0.317 e. The zero-order valence-corrected chi connectivity index (χ0v) is 17.4. The highest BCUT2D eigenvalue weighted by molar-refractivity contribution is 5.95. The summed E-state index contributed by atoms with van der Waals surface area (Å²) in [7, 11) is 0. The Hall–Kier alpha value is -3.20. The Balaban J connectivity index is 1.60. The Labute approximate surface area is 181 Å². The number of hydrogen-bond donors (Lipinski definition) is 5. The van der Waals surface area contributed by atoms with Gasteiger partial charge in [0, 0.05) is 18.7 Å². The summed E-state index contributed by atoms with van der Waals surface area (Å²) in [5.41, 5.74) is 7.84. The molecule has 0 spiro atoms. The van der Waals surface area contributed by atoms with Crippen LogP contribution in [0, 0.1) is 5.41 Å². The maximum atomic E-state index is 13.1. The minimum atomic E-state index is -1.03. The normalized spacial score (nSPS) is 19.0. The first-order valence-corrected chi connectivity index (χ1v) is 10.5. The summed E-state index contributed by atoms with van der Waals surface area (Å²) in [5, 5.41) is 22.2. The van der Waals surface area contributed by atoms with E-state index >= 15 is 0 Å². The van der Waals surface area contributed by atoms with Gasteiger partial charge in [-0.1, -0.05) is 30.3 Å². The number of likely N-dealkylation sites (tertiary alicyclic amines) is 1. The molecule has 1 aliphatic heterocycles. The van der Waals surface area contributed by atoms with Crippen LogP contribution in [0.5, 0.6) is 0 Å². The van der Waals surface area contributed by atoms with Gasteiger partial charge in [0.25, 0.3) is 0 Å². The largest absolute Gasteiger partial charge is 0.480 e. The van der Waals surface area contributed by atoms with Crippen LogP contribution in [0.1, 0.15) is 43.2 Å². The number of rotatable bonds is 9. The maximum absolute atomic E-state index is 13.1. The topological polar surface area (TPSA) is 149 Å². The molecule has 2 aliphatic rings. The average Bonchev–Trinajstić information content (AvgIpc) is 2.72. The summed E-state index contributed by atoms with van der Waals surface area (Å²) in [6.45, 7) is 0.471. The molecule has 2 amide bonds. The summed E-state index contributed by atoms with van der Waals surface area (Å²) < 4.78 is 0. The van der Waals surface area contributed by atoms with Crippen molar-refractivity contribution in [2.24, 2.45) is 5.73 Å². The van der Waals surface area contributed by atoms with Gasteiger partial charge in [-0.2, -0.15) is 0 Å². The number of amides is 2. The lowest BCUT2D eigenvalue weighted by atomic mass is 9.91. The molecule has 9 heteroatoms. The van der Waals surface area contributed by atoms with E-state index in [1.807, 2.05) is 6.08 Å². The molecule has 0 bridgehead atoms. The van der Waals surface area contributed by atoms with Crippen LogP contribution in [0.3, 0.4) is 0 Å². The van der Waals surface area contributed by atoms with Crippen LogP contribution in [-0.2, 0) is 20.9 Å². The van der Waals surface area contributed by atoms with E-state index in [9.17, 15) is 14.4 Å². The van der Waals surface area contributed by atoms with Gasteiger partial charge in [-0.3, -0.25) is 25.1 Å². The molecule has 1 aromatic rings. The Morgan fingerprint density at radius 2 is 1.97 bits per heavy atom. The fraction of sp³-hybridized carbons (Fsp3) is 0.455. The highest BCUT2D eigenvalue weighted by Gasteiger charge is 2.41. The Kier molecular flexibility index (Phi) is 7.41. The number of amidine groups is 1. The molecule has 1 fully saturated rings. The molecule has 6 N–H and O–H groups in total. The molecule has 0 saturated carbocycles. The number of carboxylic acids is 1. The predicted molar refractivity (Wildman–Crippen MR) is 115 cm³/mol. The highest BCUT2D eigenvalue weighted by atomic mass is 16.4. The maximum Gasteiger partial charge on any atom is 0.317 e. The summed E-state index contributed by atoms with van der Waals surface area (Å²) in [4.78, 5) is 38.4. The number of carbonyl (C=O) groups excluding carboxylic acids is 2. The number of nitrogens with one attached hydrogen (secondary N) is 3. The Morgan fingerprint density at radius 1 is 1.23 bits per heavy atom. The number of carboxylic acid groups (broad SMARTS) is 1. The monoisotopic (exact) mass is 427 g/mol. The van der Waals surface area contributed by atoms with Crippen LogP contribution in [0.15, 0.2) is 35.9 Å². The van der Waals surface area contributed by atoms with Gasteiger partial charge in [0.2, 0.25) is 11.8 Å². The molecule has 2 atom stereocenters. The first kappa shape index (κ1) is 22.5. The number of nitrogens with zero attached hydrogens (tertiary/aromatic N) is 1. The van der Waals surface area contributed by atoms with Gasteiger partial charge in [-0.15, -0.1) is 0 Å². The standard InChI is InChI=1S/C22H29N5O4/c23-20(24)16-8-6-14(7-9-16)12-26-21(30)17-10-11-27(17)22(31)19(25-13-18(28)29)15-4-2-1-3-5-15/h4,6-9,17,19,25H,1-3,5,10-13H2,(H3,23,24)(H,26,30)(H,28,29)/t17-,19-/m0/s1. The third-order valence-electron chi connectivity index (χ3n) is 5.74. The molecule has 0 aromatic heterocycles. The van der Waals surface area contributed by atoms with E-state index < -0.39 is 18.1 Å². The van der Waals surface area contributed by atoms with E-state index in [1.54, 1.807) is 24.3 Å². The Morgan fingerprint density at radius 3 is 2.52 bits per heavy atom. The molecular formula is C22H29N5O4. The highest BCUT2D eigenvalue weighted by Crippen LogP contribution is 2.25. The van der Waals surface area contributed by atoms with Crippen molar-refractivity contribution < 1.29 is 19.5 Å². The van der Waals surface area contributed by atoms with E-state index in [4.69, 9.17) is 16.2 Å². The van der Waals surface area contributed by atoms with Gasteiger partial charge in [-0.05, 0) is 43.2 Å². The first-order valence-electron chi connectivity index (χ1n) is 10.5. The number of aliphatic carboxylic acids is 1. The molecule has 1 aliphatic carbocycles. The number of allylic oxidation sites excluding steroid dienone is 1. The van der Waals surface area contributed by atoms with E-state index in [0.29, 0.717) is 25.1 Å². The lowest BCUT2D eigenvalue weighted by molar-refractivity contribution is -0.148. The lowest BCUT2D eigenvalue weighted by Crippen LogP contribution is -2.62. The molecule has 1 heterocycles. The summed E-state index contributed by atoms with van der Waals surface area (Å²) >= 11 is 0. The molecule has 1 aromatic carbocycles. The van der Waals surface area contributed by atoms with Crippen molar-refractivity contribution in [3.63, 3.8) is 0 Å². The molecule has 0 radical (unpaired) electrons. The van der Waals surface area contributed by atoms with Crippen LogP contribution in [0.4, 0.5) is 0 Å². The van der Waals surface area contributed by atoms with Crippen molar-refractivity contribution in [2.75, 3.05) is 13.1 Å². The van der Waals surface area contributed by atoms with Gasteiger partial charge < -0.3 is 21.1 Å². The van der Waals surface area contributed by atoms with Crippen molar-refractivity contribution >= 4 is 23.6 Å². The second-order valence-corrected chi connectivity index (χ2v) is 7.90. The van der Waals surface area contributed by atoms with Crippen LogP contribution < -0.4 is 16.4 Å². The third-order valence-corrected chi connectivity index (χ3v) is 5.74.